The molecule has 0 saturated carbocycles. The molecule has 1 aromatic heterocycles. The zero-order valence-corrected chi connectivity index (χ0v) is 21.4. The van der Waals surface area contributed by atoms with Crippen molar-refractivity contribution in [3.8, 4) is 11.5 Å². The molecule has 36 heavy (non-hydrogen) atoms. The lowest BCUT2D eigenvalue weighted by Gasteiger charge is -2.12. The van der Waals surface area contributed by atoms with Gasteiger partial charge in [-0.2, -0.15) is 9.78 Å². The number of carboxylic acids is 1. The van der Waals surface area contributed by atoms with Crippen molar-refractivity contribution in [2.45, 2.75) is 26.4 Å². The molecule has 4 rings (SSSR count). The van der Waals surface area contributed by atoms with Crippen molar-refractivity contribution < 1.29 is 19.4 Å². The van der Waals surface area contributed by atoms with Crippen LogP contribution in [0.2, 0.25) is 0 Å². The minimum atomic E-state index is -0.992. The lowest BCUT2D eigenvalue weighted by molar-refractivity contribution is 0.0696. The van der Waals surface area contributed by atoms with E-state index in [1.165, 1.54) is 17.9 Å². The van der Waals surface area contributed by atoms with Gasteiger partial charge in [0, 0.05) is 10.9 Å². The number of rotatable bonds is 9. The van der Waals surface area contributed by atoms with Gasteiger partial charge in [0.05, 0.1) is 29.8 Å². The van der Waals surface area contributed by atoms with Crippen molar-refractivity contribution in [2.24, 2.45) is 5.10 Å². The number of halogens is 1. The molecule has 0 bridgehead atoms. The number of benzene rings is 3. The number of fused-ring (bicyclic) bond motifs is 1. The normalized spacial score (nSPS) is 11.2. The Morgan fingerprint density at radius 3 is 2.72 bits per heavy atom. The summed E-state index contributed by atoms with van der Waals surface area (Å²) in [5.74, 6) is 0.573. The summed E-state index contributed by atoms with van der Waals surface area (Å²) in [5.41, 5.74) is 2.02. The summed E-state index contributed by atoms with van der Waals surface area (Å²) in [6.07, 6.45) is 3.01. The summed E-state index contributed by atoms with van der Waals surface area (Å²) < 4.78 is 13.5. The van der Waals surface area contributed by atoms with E-state index in [1.54, 1.807) is 48.7 Å². The molecular formula is C27H24BrN3O5. The average Bonchev–Trinajstić information content (AvgIpc) is 2.88. The number of nitrogens with zero attached hydrogens (tertiary/aromatic N) is 3. The Balaban J connectivity index is 1.60. The standard InChI is InChI=1S/C27H24BrN3O5/c1-3-5-25-30-22-10-9-20(28)14-21(22)26(32)31(25)29-15-17-8-11-23(24(13-17)35-2)36-16-18-6-4-7-19(12-18)27(33)34/h4,6-15H,3,5,16H2,1-2H3,(H,33,34). The van der Waals surface area contributed by atoms with Crippen molar-refractivity contribution >= 4 is 39.0 Å². The minimum absolute atomic E-state index is 0.180. The van der Waals surface area contributed by atoms with Crippen LogP contribution in [0, 0.1) is 0 Å². The third-order valence-corrected chi connectivity index (χ3v) is 5.92. The fourth-order valence-corrected chi connectivity index (χ4v) is 4.02. The van der Waals surface area contributed by atoms with Crippen LogP contribution in [0.15, 0.2) is 75.0 Å². The number of carbonyl (C=O) groups is 1. The second kappa shape index (κ2) is 11.2. The molecule has 3 aromatic carbocycles. The van der Waals surface area contributed by atoms with Crippen LogP contribution in [0.1, 0.15) is 40.7 Å². The molecule has 4 aromatic rings. The molecule has 1 heterocycles. The fourth-order valence-electron chi connectivity index (χ4n) is 3.66. The SMILES string of the molecule is CCCc1nc2ccc(Br)cc2c(=O)n1N=Cc1ccc(OCc2cccc(C(=O)O)c2)c(OC)c1. The summed E-state index contributed by atoms with van der Waals surface area (Å²) in [7, 11) is 1.53. The predicted molar refractivity (Wildman–Crippen MR) is 141 cm³/mol. The van der Waals surface area contributed by atoms with Gasteiger partial charge in [0.25, 0.3) is 5.56 Å². The van der Waals surface area contributed by atoms with Gasteiger partial charge in [-0.15, -0.1) is 0 Å². The Hall–Kier alpha value is -3.98. The number of aromatic nitrogens is 2. The molecule has 1 N–H and O–H groups in total. The van der Waals surface area contributed by atoms with Crippen molar-refractivity contribution in [3.05, 3.63) is 98.0 Å². The van der Waals surface area contributed by atoms with E-state index in [9.17, 15) is 9.59 Å². The zero-order chi connectivity index (χ0) is 25.7. The number of aromatic carboxylic acids is 1. The summed E-state index contributed by atoms with van der Waals surface area (Å²) in [6, 6.07) is 17.3. The van der Waals surface area contributed by atoms with E-state index >= 15 is 0 Å². The van der Waals surface area contributed by atoms with E-state index in [4.69, 9.17) is 14.6 Å². The van der Waals surface area contributed by atoms with E-state index in [0.717, 1.165) is 16.5 Å². The van der Waals surface area contributed by atoms with Gasteiger partial charge in [-0.05, 0) is 66.1 Å². The Morgan fingerprint density at radius 1 is 1.14 bits per heavy atom. The Labute approximate surface area is 216 Å². The molecule has 0 amide bonds. The van der Waals surface area contributed by atoms with Gasteiger partial charge in [0.1, 0.15) is 12.4 Å². The van der Waals surface area contributed by atoms with Crippen LogP contribution < -0.4 is 15.0 Å². The Kier molecular flexibility index (Phi) is 7.80. The van der Waals surface area contributed by atoms with E-state index < -0.39 is 5.97 Å². The maximum absolute atomic E-state index is 13.2. The van der Waals surface area contributed by atoms with Crippen LogP contribution in [-0.2, 0) is 13.0 Å². The molecule has 0 unspecified atom stereocenters. The van der Waals surface area contributed by atoms with Crippen LogP contribution in [0.4, 0.5) is 0 Å². The summed E-state index contributed by atoms with van der Waals surface area (Å²) in [5, 5.41) is 14.1. The number of hydrogen-bond acceptors (Lipinski definition) is 6. The zero-order valence-electron chi connectivity index (χ0n) is 19.8. The highest BCUT2D eigenvalue weighted by atomic mass is 79.9. The third kappa shape index (κ3) is 5.63. The lowest BCUT2D eigenvalue weighted by Crippen LogP contribution is -2.22. The predicted octanol–water partition coefficient (Wildman–Crippen LogP) is 5.28. The van der Waals surface area contributed by atoms with E-state index in [1.807, 2.05) is 19.1 Å². The van der Waals surface area contributed by atoms with Crippen LogP contribution in [0.3, 0.4) is 0 Å². The van der Waals surface area contributed by atoms with Crippen molar-refractivity contribution in [2.75, 3.05) is 7.11 Å². The molecule has 0 fully saturated rings. The maximum Gasteiger partial charge on any atom is 0.335 e. The Morgan fingerprint density at radius 2 is 1.97 bits per heavy atom. The van der Waals surface area contributed by atoms with Gasteiger partial charge >= 0.3 is 5.97 Å². The first-order chi connectivity index (χ1) is 17.4. The van der Waals surface area contributed by atoms with Crippen molar-refractivity contribution in [1.29, 1.82) is 0 Å². The molecular weight excluding hydrogens is 526 g/mol. The Bertz CT molecular complexity index is 1510. The molecule has 0 spiro atoms. The first-order valence-corrected chi connectivity index (χ1v) is 12.1. The van der Waals surface area contributed by atoms with E-state index in [2.05, 4.69) is 26.0 Å². The highest BCUT2D eigenvalue weighted by molar-refractivity contribution is 9.10. The van der Waals surface area contributed by atoms with Crippen LogP contribution in [0.5, 0.6) is 11.5 Å². The quantitative estimate of drug-likeness (QED) is 0.285. The second-order valence-corrected chi connectivity index (χ2v) is 8.92. The number of carboxylic acid groups (broad SMARTS) is 1. The van der Waals surface area contributed by atoms with Gasteiger partial charge in [0.15, 0.2) is 11.5 Å². The van der Waals surface area contributed by atoms with Crippen LogP contribution >= 0.6 is 15.9 Å². The molecule has 0 saturated heterocycles. The molecule has 0 aliphatic carbocycles. The van der Waals surface area contributed by atoms with E-state index in [0.29, 0.717) is 40.2 Å². The first-order valence-electron chi connectivity index (χ1n) is 11.3. The largest absolute Gasteiger partial charge is 0.493 e. The molecule has 0 atom stereocenters. The number of aryl methyl sites for hydroxylation is 1. The fraction of sp³-hybridized carbons (Fsp3) is 0.185. The van der Waals surface area contributed by atoms with E-state index in [-0.39, 0.29) is 17.7 Å². The number of hydrogen-bond donors (Lipinski definition) is 1. The molecule has 0 aliphatic rings. The highest BCUT2D eigenvalue weighted by Crippen LogP contribution is 2.28. The summed E-state index contributed by atoms with van der Waals surface area (Å²) >= 11 is 3.41. The number of methoxy groups -OCH3 is 1. The molecule has 0 aliphatic heterocycles. The molecule has 9 heteroatoms. The minimum Gasteiger partial charge on any atom is -0.493 e. The van der Waals surface area contributed by atoms with Gasteiger partial charge in [0.2, 0.25) is 0 Å². The molecule has 0 radical (unpaired) electrons. The third-order valence-electron chi connectivity index (χ3n) is 5.43. The van der Waals surface area contributed by atoms with Crippen LogP contribution in [0.25, 0.3) is 10.9 Å². The highest BCUT2D eigenvalue weighted by Gasteiger charge is 2.11. The first kappa shape index (κ1) is 25.1. The van der Waals surface area contributed by atoms with Gasteiger partial charge in [-0.1, -0.05) is 35.0 Å². The van der Waals surface area contributed by atoms with Crippen molar-refractivity contribution in [3.63, 3.8) is 0 Å². The average molecular weight is 550 g/mol. The van der Waals surface area contributed by atoms with Crippen LogP contribution in [-0.4, -0.2) is 34.1 Å². The van der Waals surface area contributed by atoms with Gasteiger partial charge in [-0.25, -0.2) is 9.78 Å². The van der Waals surface area contributed by atoms with Gasteiger partial charge in [-0.3, -0.25) is 4.79 Å². The second-order valence-electron chi connectivity index (χ2n) is 8.01. The molecule has 8 nitrogen and oxygen atoms in total. The van der Waals surface area contributed by atoms with Crippen molar-refractivity contribution in [1.82, 2.24) is 9.66 Å². The number of ether oxygens (including phenoxy) is 2. The van der Waals surface area contributed by atoms with Gasteiger partial charge < -0.3 is 14.6 Å². The summed E-state index contributed by atoms with van der Waals surface area (Å²) in [6.45, 7) is 2.20. The molecule has 184 valence electrons. The summed E-state index contributed by atoms with van der Waals surface area (Å²) in [4.78, 5) is 29.0. The lowest BCUT2D eigenvalue weighted by atomic mass is 10.1. The smallest absolute Gasteiger partial charge is 0.335 e. The monoisotopic (exact) mass is 549 g/mol. The maximum atomic E-state index is 13.2. The topological polar surface area (TPSA) is 103 Å².